The lowest BCUT2D eigenvalue weighted by atomic mass is 9.96. The fourth-order valence-electron chi connectivity index (χ4n) is 4.48. The van der Waals surface area contributed by atoms with Crippen LogP contribution < -0.4 is 0 Å². The van der Waals surface area contributed by atoms with Crippen molar-refractivity contribution in [2.75, 3.05) is 26.2 Å². The molecule has 0 aromatic heterocycles. The van der Waals surface area contributed by atoms with Crippen LogP contribution in [0.1, 0.15) is 22.7 Å². The van der Waals surface area contributed by atoms with Crippen LogP contribution in [0.4, 0.5) is 0 Å². The minimum Gasteiger partial charge on any atom is -0.297 e. The average molecular weight is 421 g/mol. The molecule has 0 radical (unpaired) electrons. The summed E-state index contributed by atoms with van der Waals surface area (Å²) in [4.78, 5) is 7.96. The average Bonchev–Trinajstić information content (AvgIpc) is 2.92. The zero-order chi connectivity index (χ0) is 19.6. The van der Waals surface area contributed by atoms with Crippen molar-refractivity contribution in [2.45, 2.75) is 28.8 Å². The summed E-state index contributed by atoms with van der Waals surface area (Å²) in [7, 11) is 0. The summed E-state index contributed by atoms with van der Waals surface area (Å²) < 4.78 is 0. The number of hydrogen-bond acceptors (Lipinski definition) is 3. The second-order valence-corrected chi connectivity index (χ2v) is 9.43. The molecule has 0 spiro atoms. The maximum atomic E-state index is 6.42. The molecule has 4 heteroatoms. The van der Waals surface area contributed by atoms with Gasteiger partial charge in [-0.05, 0) is 47.4 Å². The van der Waals surface area contributed by atoms with Gasteiger partial charge < -0.3 is 0 Å². The molecule has 0 N–H and O–H groups in total. The molecule has 1 atom stereocenters. The van der Waals surface area contributed by atoms with Crippen LogP contribution >= 0.6 is 23.4 Å². The third-order valence-corrected chi connectivity index (χ3v) is 7.48. The molecule has 0 bridgehead atoms. The maximum Gasteiger partial charge on any atom is 0.0410 e. The van der Waals surface area contributed by atoms with E-state index in [0.29, 0.717) is 6.04 Å². The summed E-state index contributed by atoms with van der Waals surface area (Å²) in [5.41, 5.74) is 4.23. The molecular weight excluding hydrogens is 396 g/mol. The number of rotatable bonds is 3. The van der Waals surface area contributed by atoms with E-state index in [2.05, 4.69) is 76.5 Å². The summed E-state index contributed by atoms with van der Waals surface area (Å²) in [6, 6.07) is 26.4. The van der Waals surface area contributed by atoms with Gasteiger partial charge in [0.1, 0.15) is 0 Å². The predicted octanol–water partition coefficient (Wildman–Crippen LogP) is 5.91. The Kier molecular flexibility index (Phi) is 5.65. The highest BCUT2D eigenvalue weighted by atomic mass is 35.5. The van der Waals surface area contributed by atoms with Crippen molar-refractivity contribution in [2.24, 2.45) is 0 Å². The van der Waals surface area contributed by atoms with E-state index in [4.69, 9.17) is 11.6 Å². The van der Waals surface area contributed by atoms with E-state index < -0.39 is 0 Å². The van der Waals surface area contributed by atoms with E-state index in [-0.39, 0.29) is 0 Å². The van der Waals surface area contributed by atoms with Crippen molar-refractivity contribution < 1.29 is 0 Å². The Morgan fingerprint density at radius 3 is 2.41 bits per heavy atom. The van der Waals surface area contributed by atoms with Gasteiger partial charge in [-0.25, -0.2) is 0 Å². The van der Waals surface area contributed by atoms with E-state index in [1.165, 1.54) is 26.5 Å². The normalized spacial score (nSPS) is 20.0. The van der Waals surface area contributed by atoms with Crippen LogP contribution in [0.3, 0.4) is 0 Å². The smallest absolute Gasteiger partial charge is 0.0410 e. The number of nitrogens with zero attached hydrogens (tertiary/aromatic N) is 2. The molecule has 1 fully saturated rings. The molecule has 0 amide bonds. The standard InChI is InChI=1S/C25H25ClN2S/c26-21-10-11-25-22(17-21)23(16-20-8-4-5-9-24(20)29-25)28-14-12-27(13-15-28)18-19-6-2-1-3-7-19/h1-11,17,23H,12-16,18H2. The largest absolute Gasteiger partial charge is 0.297 e. The van der Waals surface area contributed by atoms with Crippen LogP contribution in [-0.2, 0) is 13.0 Å². The van der Waals surface area contributed by atoms with Gasteiger partial charge in [0.2, 0.25) is 0 Å². The molecule has 1 unspecified atom stereocenters. The van der Waals surface area contributed by atoms with E-state index in [9.17, 15) is 0 Å². The van der Waals surface area contributed by atoms with Crippen molar-refractivity contribution >= 4 is 23.4 Å². The summed E-state index contributed by atoms with van der Waals surface area (Å²) in [5.74, 6) is 0. The minimum atomic E-state index is 0.388. The molecule has 2 heterocycles. The van der Waals surface area contributed by atoms with Crippen LogP contribution in [0.2, 0.25) is 5.02 Å². The van der Waals surface area contributed by atoms with Crippen molar-refractivity contribution in [1.82, 2.24) is 9.80 Å². The van der Waals surface area contributed by atoms with Gasteiger partial charge in [0, 0.05) is 53.6 Å². The Morgan fingerprint density at radius 1 is 0.828 bits per heavy atom. The van der Waals surface area contributed by atoms with Gasteiger partial charge in [0.05, 0.1) is 0 Å². The molecule has 0 saturated carbocycles. The topological polar surface area (TPSA) is 6.48 Å². The fraction of sp³-hybridized carbons (Fsp3) is 0.280. The first kappa shape index (κ1) is 19.2. The lowest BCUT2D eigenvalue weighted by Gasteiger charge is -2.39. The Hall–Kier alpha value is -1.78. The van der Waals surface area contributed by atoms with E-state index in [1.807, 2.05) is 17.8 Å². The second-order valence-electron chi connectivity index (χ2n) is 7.91. The van der Waals surface area contributed by atoms with Crippen LogP contribution in [0.25, 0.3) is 0 Å². The molecule has 29 heavy (non-hydrogen) atoms. The summed E-state index contributed by atoms with van der Waals surface area (Å²) in [5, 5.41) is 0.836. The molecule has 2 aliphatic heterocycles. The Labute approximate surface area is 182 Å². The Balaban J connectivity index is 1.37. The molecule has 2 nitrogen and oxygen atoms in total. The summed E-state index contributed by atoms with van der Waals surface area (Å²) in [6.07, 6.45) is 1.05. The van der Waals surface area contributed by atoms with Gasteiger partial charge in [0.15, 0.2) is 0 Å². The highest BCUT2D eigenvalue weighted by Gasteiger charge is 2.30. The highest BCUT2D eigenvalue weighted by molar-refractivity contribution is 7.99. The quantitative estimate of drug-likeness (QED) is 0.520. The maximum absolute atomic E-state index is 6.42. The molecule has 148 valence electrons. The van der Waals surface area contributed by atoms with Crippen molar-refractivity contribution in [3.8, 4) is 0 Å². The van der Waals surface area contributed by atoms with Gasteiger partial charge in [-0.15, -0.1) is 0 Å². The van der Waals surface area contributed by atoms with Crippen LogP contribution in [0, 0.1) is 0 Å². The van der Waals surface area contributed by atoms with Gasteiger partial charge >= 0.3 is 0 Å². The number of fused-ring (bicyclic) bond motifs is 2. The molecule has 0 aliphatic carbocycles. The third-order valence-electron chi connectivity index (χ3n) is 6.03. The van der Waals surface area contributed by atoms with E-state index in [0.717, 1.165) is 44.2 Å². The lowest BCUT2D eigenvalue weighted by molar-refractivity contribution is 0.0902. The Morgan fingerprint density at radius 2 is 1.59 bits per heavy atom. The SMILES string of the molecule is Clc1ccc2c(c1)C(N1CCN(Cc3ccccc3)CC1)Cc1ccccc1S2. The predicted molar refractivity (Wildman–Crippen MR) is 122 cm³/mol. The van der Waals surface area contributed by atoms with Gasteiger partial charge in [-0.2, -0.15) is 0 Å². The van der Waals surface area contributed by atoms with Crippen molar-refractivity contribution in [3.63, 3.8) is 0 Å². The number of hydrogen-bond donors (Lipinski definition) is 0. The molecule has 5 rings (SSSR count). The van der Waals surface area contributed by atoms with E-state index >= 15 is 0 Å². The van der Waals surface area contributed by atoms with Crippen molar-refractivity contribution in [1.29, 1.82) is 0 Å². The molecule has 1 saturated heterocycles. The van der Waals surface area contributed by atoms with Gasteiger partial charge in [0.25, 0.3) is 0 Å². The first-order valence-corrected chi connectivity index (χ1v) is 11.5. The molecular formula is C25H25ClN2S. The van der Waals surface area contributed by atoms with Gasteiger partial charge in [-0.3, -0.25) is 9.80 Å². The van der Waals surface area contributed by atoms with Crippen LogP contribution in [0.15, 0.2) is 82.6 Å². The third kappa shape index (κ3) is 4.24. The summed E-state index contributed by atoms with van der Waals surface area (Å²) in [6.45, 7) is 5.44. The number of halogens is 1. The fourth-order valence-corrected chi connectivity index (χ4v) is 5.78. The first-order chi connectivity index (χ1) is 14.3. The zero-order valence-corrected chi connectivity index (χ0v) is 18.0. The minimum absolute atomic E-state index is 0.388. The number of benzene rings is 3. The zero-order valence-electron chi connectivity index (χ0n) is 16.4. The first-order valence-electron chi connectivity index (χ1n) is 10.3. The Bertz CT molecular complexity index is 983. The molecule has 2 aliphatic rings. The van der Waals surface area contributed by atoms with E-state index in [1.54, 1.807) is 0 Å². The monoisotopic (exact) mass is 420 g/mol. The van der Waals surface area contributed by atoms with Crippen molar-refractivity contribution in [3.05, 3.63) is 94.5 Å². The van der Waals surface area contributed by atoms with Crippen LogP contribution in [-0.4, -0.2) is 36.0 Å². The number of piperazine rings is 1. The lowest BCUT2D eigenvalue weighted by Crippen LogP contribution is -2.47. The molecule has 3 aromatic rings. The highest BCUT2D eigenvalue weighted by Crippen LogP contribution is 2.43. The molecule has 3 aromatic carbocycles. The van der Waals surface area contributed by atoms with Gasteiger partial charge in [-0.1, -0.05) is 71.9 Å². The second kappa shape index (κ2) is 8.53. The van der Waals surface area contributed by atoms with Crippen LogP contribution in [0.5, 0.6) is 0 Å². The summed E-state index contributed by atoms with van der Waals surface area (Å²) >= 11 is 8.31.